The van der Waals surface area contributed by atoms with Gasteiger partial charge in [-0.2, -0.15) is 0 Å². The van der Waals surface area contributed by atoms with Crippen LogP contribution in [0.1, 0.15) is 30.4 Å². The van der Waals surface area contributed by atoms with Crippen molar-refractivity contribution in [1.29, 1.82) is 0 Å². The van der Waals surface area contributed by atoms with Crippen LogP contribution in [0.5, 0.6) is 0 Å². The van der Waals surface area contributed by atoms with Crippen LogP contribution in [-0.4, -0.2) is 30.4 Å². The Hall–Kier alpha value is -2.70. The average molecular weight is 383 g/mol. The number of carbonyl (C=O) groups excluding carboxylic acids is 2. The molecule has 0 bridgehead atoms. The van der Waals surface area contributed by atoms with Gasteiger partial charge in [0.2, 0.25) is 11.8 Å². The van der Waals surface area contributed by atoms with Gasteiger partial charge in [0.15, 0.2) is 0 Å². The quantitative estimate of drug-likeness (QED) is 0.446. The SMILES string of the molecule is NC(=O)CC[C@H](NC[C@H](N)CCc1ccccc1)C(=O)NCc1ccccc1. The smallest absolute Gasteiger partial charge is 0.237 e. The van der Waals surface area contributed by atoms with Crippen molar-refractivity contribution >= 4 is 11.8 Å². The first-order chi connectivity index (χ1) is 13.5. The molecule has 0 aliphatic carbocycles. The Labute approximate surface area is 166 Å². The number of rotatable bonds is 12. The molecule has 2 atom stereocenters. The zero-order valence-electron chi connectivity index (χ0n) is 16.1. The second-order valence-corrected chi connectivity index (χ2v) is 6.95. The van der Waals surface area contributed by atoms with E-state index < -0.39 is 11.9 Å². The van der Waals surface area contributed by atoms with E-state index in [1.165, 1.54) is 5.56 Å². The van der Waals surface area contributed by atoms with Crippen LogP contribution in [0.25, 0.3) is 0 Å². The third kappa shape index (κ3) is 8.33. The van der Waals surface area contributed by atoms with Gasteiger partial charge < -0.3 is 22.1 Å². The van der Waals surface area contributed by atoms with Crippen LogP contribution in [0.2, 0.25) is 0 Å². The molecule has 2 rings (SSSR count). The summed E-state index contributed by atoms with van der Waals surface area (Å²) in [5, 5.41) is 6.11. The number of hydrogen-bond donors (Lipinski definition) is 4. The second kappa shape index (κ2) is 11.9. The van der Waals surface area contributed by atoms with Crippen molar-refractivity contribution in [3.8, 4) is 0 Å². The van der Waals surface area contributed by atoms with E-state index in [4.69, 9.17) is 11.5 Å². The zero-order valence-corrected chi connectivity index (χ0v) is 16.1. The predicted molar refractivity (Wildman–Crippen MR) is 111 cm³/mol. The largest absolute Gasteiger partial charge is 0.370 e. The molecule has 2 aromatic carbocycles. The monoisotopic (exact) mass is 382 g/mol. The fourth-order valence-corrected chi connectivity index (χ4v) is 2.91. The summed E-state index contributed by atoms with van der Waals surface area (Å²) in [6.45, 7) is 0.934. The van der Waals surface area contributed by atoms with Crippen molar-refractivity contribution in [3.63, 3.8) is 0 Å². The Bertz CT molecular complexity index is 722. The van der Waals surface area contributed by atoms with Crippen LogP contribution in [0.3, 0.4) is 0 Å². The molecule has 0 heterocycles. The standard InChI is InChI=1S/C22H30N4O2/c23-19(12-11-17-7-3-1-4-8-17)16-25-20(13-14-21(24)27)22(28)26-15-18-9-5-2-6-10-18/h1-10,19-20,25H,11-16,23H2,(H2,24,27)(H,26,28)/t19-,20+/m1/s1. The summed E-state index contributed by atoms with van der Waals surface area (Å²) in [7, 11) is 0. The Morgan fingerprint density at radius 1 is 0.893 bits per heavy atom. The van der Waals surface area contributed by atoms with E-state index in [0.29, 0.717) is 19.5 Å². The third-order valence-corrected chi connectivity index (χ3v) is 4.58. The van der Waals surface area contributed by atoms with Gasteiger partial charge in [-0.3, -0.25) is 9.59 Å². The number of nitrogens with two attached hydrogens (primary N) is 2. The van der Waals surface area contributed by atoms with Gasteiger partial charge in [-0.05, 0) is 30.4 Å². The molecule has 6 nitrogen and oxygen atoms in total. The number of amides is 2. The molecular weight excluding hydrogens is 352 g/mol. The molecule has 0 radical (unpaired) electrons. The van der Waals surface area contributed by atoms with Crippen LogP contribution in [0, 0.1) is 0 Å². The molecule has 0 unspecified atom stereocenters. The van der Waals surface area contributed by atoms with Crippen molar-refractivity contribution in [2.24, 2.45) is 11.5 Å². The summed E-state index contributed by atoms with van der Waals surface area (Å²) in [5.41, 5.74) is 13.7. The van der Waals surface area contributed by atoms with Crippen molar-refractivity contribution in [2.45, 2.75) is 44.3 Å². The summed E-state index contributed by atoms with van der Waals surface area (Å²) in [6, 6.07) is 19.3. The van der Waals surface area contributed by atoms with Crippen LogP contribution in [0.15, 0.2) is 60.7 Å². The van der Waals surface area contributed by atoms with E-state index in [-0.39, 0.29) is 18.4 Å². The topological polar surface area (TPSA) is 110 Å². The molecule has 0 saturated carbocycles. The lowest BCUT2D eigenvalue weighted by atomic mass is 10.0. The van der Waals surface area contributed by atoms with Crippen molar-refractivity contribution in [3.05, 3.63) is 71.8 Å². The Morgan fingerprint density at radius 3 is 2.11 bits per heavy atom. The van der Waals surface area contributed by atoms with E-state index in [2.05, 4.69) is 22.8 Å². The Balaban J connectivity index is 1.81. The third-order valence-electron chi connectivity index (χ3n) is 4.58. The molecule has 0 spiro atoms. The lowest BCUT2D eigenvalue weighted by Gasteiger charge is -2.20. The first-order valence-electron chi connectivity index (χ1n) is 9.67. The fourth-order valence-electron chi connectivity index (χ4n) is 2.91. The van der Waals surface area contributed by atoms with Crippen LogP contribution in [0.4, 0.5) is 0 Å². The lowest BCUT2D eigenvalue weighted by Crippen LogP contribution is -2.48. The Morgan fingerprint density at radius 2 is 1.50 bits per heavy atom. The summed E-state index contributed by atoms with van der Waals surface area (Å²) < 4.78 is 0. The molecule has 0 saturated heterocycles. The van der Waals surface area contributed by atoms with Gasteiger partial charge in [0.05, 0.1) is 6.04 Å². The molecular formula is C22H30N4O2. The molecule has 0 aromatic heterocycles. The summed E-state index contributed by atoms with van der Waals surface area (Å²) in [6.07, 6.45) is 2.19. The number of hydrogen-bond acceptors (Lipinski definition) is 4. The minimum Gasteiger partial charge on any atom is -0.370 e. The van der Waals surface area contributed by atoms with Crippen LogP contribution < -0.4 is 22.1 Å². The maximum Gasteiger partial charge on any atom is 0.237 e. The molecule has 0 fully saturated rings. The average Bonchev–Trinajstić information content (AvgIpc) is 2.72. The van der Waals surface area contributed by atoms with E-state index in [9.17, 15) is 9.59 Å². The van der Waals surface area contributed by atoms with Gasteiger partial charge >= 0.3 is 0 Å². The van der Waals surface area contributed by atoms with Crippen LogP contribution in [-0.2, 0) is 22.6 Å². The molecule has 0 aliphatic heterocycles. The lowest BCUT2D eigenvalue weighted by molar-refractivity contribution is -0.123. The first kappa shape index (κ1) is 21.6. The van der Waals surface area contributed by atoms with Crippen LogP contribution >= 0.6 is 0 Å². The Kier molecular flexibility index (Phi) is 9.18. The number of nitrogens with one attached hydrogen (secondary N) is 2. The van der Waals surface area contributed by atoms with E-state index in [1.807, 2.05) is 48.5 Å². The van der Waals surface area contributed by atoms with E-state index in [0.717, 1.165) is 18.4 Å². The molecule has 0 aliphatic rings. The normalized spacial score (nSPS) is 12.9. The molecule has 6 N–H and O–H groups in total. The van der Waals surface area contributed by atoms with Gasteiger partial charge in [0.1, 0.15) is 0 Å². The summed E-state index contributed by atoms with van der Waals surface area (Å²) in [5.74, 6) is -0.573. The maximum absolute atomic E-state index is 12.6. The molecule has 2 amide bonds. The highest BCUT2D eigenvalue weighted by Crippen LogP contribution is 2.05. The van der Waals surface area contributed by atoms with Gasteiger partial charge in [0.25, 0.3) is 0 Å². The highest BCUT2D eigenvalue weighted by molar-refractivity contribution is 5.82. The summed E-state index contributed by atoms with van der Waals surface area (Å²) in [4.78, 5) is 23.7. The highest BCUT2D eigenvalue weighted by Gasteiger charge is 2.19. The number of benzene rings is 2. The predicted octanol–water partition coefficient (Wildman–Crippen LogP) is 1.49. The number of carbonyl (C=O) groups is 2. The van der Waals surface area contributed by atoms with Gasteiger partial charge in [-0.15, -0.1) is 0 Å². The fraction of sp³-hybridized carbons (Fsp3) is 0.364. The number of primary amides is 1. The number of aryl methyl sites for hydroxylation is 1. The van der Waals surface area contributed by atoms with Gasteiger partial charge in [-0.25, -0.2) is 0 Å². The van der Waals surface area contributed by atoms with E-state index >= 15 is 0 Å². The van der Waals surface area contributed by atoms with Crippen molar-refractivity contribution in [2.75, 3.05) is 6.54 Å². The van der Waals surface area contributed by atoms with Gasteiger partial charge in [-0.1, -0.05) is 60.7 Å². The first-order valence-corrected chi connectivity index (χ1v) is 9.67. The zero-order chi connectivity index (χ0) is 20.2. The molecule has 28 heavy (non-hydrogen) atoms. The van der Waals surface area contributed by atoms with Gasteiger partial charge in [0, 0.05) is 25.6 Å². The second-order valence-electron chi connectivity index (χ2n) is 6.95. The molecule has 6 heteroatoms. The van der Waals surface area contributed by atoms with E-state index in [1.54, 1.807) is 0 Å². The van der Waals surface area contributed by atoms with Crippen molar-refractivity contribution < 1.29 is 9.59 Å². The van der Waals surface area contributed by atoms with Crippen molar-refractivity contribution in [1.82, 2.24) is 10.6 Å². The minimum atomic E-state index is -0.501. The summed E-state index contributed by atoms with van der Waals surface area (Å²) >= 11 is 0. The highest BCUT2D eigenvalue weighted by atomic mass is 16.2. The minimum absolute atomic E-state index is 0.0850. The molecule has 150 valence electrons. The molecule has 2 aromatic rings. The maximum atomic E-state index is 12.6.